The molecular weight excluding hydrogens is 304 g/mol. The van der Waals surface area contributed by atoms with Crippen molar-refractivity contribution in [3.63, 3.8) is 0 Å². The first-order valence-corrected chi connectivity index (χ1v) is 7.95. The fourth-order valence-electron chi connectivity index (χ4n) is 2.87. The van der Waals surface area contributed by atoms with Gasteiger partial charge < -0.3 is 5.32 Å². The van der Waals surface area contributed by atoms with Gasteiger partial charge in [-0.05, 0) is 29.8 Å². The van der Waals surface area contributed by atoms with Gasteiger partial charge in [-0.25, -0.2) is 4.98 Å². The molecule has 0 fully saturated rings. The molecule has 23 heavy (non-hydrogen) atoms. The third-order valence-corrected chi connectivity index (χ3v) is 4.18. The summed E-state index contributed by atoms with van der Waals surface area (Å²) in [6.45, 7) is 0.721. The van der Waals surface area contributed by atoms with Crippen LogP contribution in [0.4, 0.5) is 5.69 Å². The van der Waals surface area contributed by atoms with E-state index in [-0.39, 0.29) is 0 Å². The maximum Gasteiger partial charge on any atom is 0.0730 e. The van der Waals surface area contributed by atoms with Gasteiger partial charge in [0.1, 0.15) is 0 Å². The average molecular weight is 319 g/mol. The minimum absolute atomic E-state index is 0.721. The summed E-state index contributed by atoms with van der Waals surface area (Å²) in [6, 6.07) is 24.4. The normalized spacial score (nSPS) is 11.0. The molecule has 0 spiro atoms. The second-order valence-corrected chi connectivity index (χ2v) is 5.94. The highest BCUT2D eigenvalue weighted by molar-refractivity contribution is 6.30. The molecule has 0 aliphatic carbocycles. The number of hydrogen-bond donors (Lipinski definition) is 1. The Kier molecular flexibility index (Phi) is 3.60. The second kappa shape index (κ2) is 5.90. The Bertz CT molecular complexity index is 941. The van der Waals surface area contributed by atoms with Gasteiger partial charge in [-0.15, -0.1) is 0 Å². The van der Waals surface area contributed by atoms with Crippen molar-refractivity contribution < 1.29 is 0 Å². The summed E-state index contributed by atoms with van der Waals surface area (Å²) in [5.41, 5.74) is 4.27. The van der Waals surface area contributed by atoms with Crippen molar-refractivity contribution in [2.45, 2.75) is 6.54 Å². The molecule has 2 nitrogen and oxygen atoms in total. The zero-order valence-electron chi connectivity index (χ0n) is 12.5. The molecule has 1 heterocycles. The number of anilines is 1. The van der Waals surface area contributed by atoms with Gasteiger partial charge in [0.05, 0.1) is 16.7 Å². The van der Waals surface area contributed by atoms with Gasteiger partial charge in [0, 0.05) is 22.3 Å². The van der Waals surface area contributed by atoms with Crippen molar-refractivity contribution in [3.05, 3.63) is 83.4 Å². The van der Waals surface area contributed by atoms with E-state index in [1.165, 1.54) is 0 Å². The van der Waals surface area contributed by atoms with Gasteiger partial charge in [0.15, 0.2) is 0 Å². The fourth-order valence-corrected chi connectivity index (χ4v) is 3.08. The van der Waals surface area contributed by atoms with E-state index in [0.29, 0.717) is 0 Å². The number of hydrogen-bond acceptors (Lipinski definition) is 2. The van der Waals surface area contributed by atoms with E-state index in [2.05, 4.69) is 23.5 Å². The molecule has 0 aliphatic rings. The number of para-hydroxylation sites is 2. The molecule has 1 aromatic heterocycles. The van der Waals surface area contributed by atoms with Crippen LogP contribution in [0.2, 0.25) is 5.02 Å². The Labute approximate surface area is 139 Å². The third-order valence-electron chi connectivity index (χ3n) is 3.95. The molecule has 0 aliphatic heterocycles. The van der Waals surface area contributed by atoms with E-state index in [1.807, 2.05) is 54.6 Å². The van der Waals surface area contributed by atoms with Gasteiger partial charge in [-0.3, -0.25) is 0 Å². The number of halogens is 1. The highest BCUT2D eigenvalue weighted by Gasteiger charge is 2.08. The van der Waals surface area contributed by atoms with Crippen LogP contribution in [-0.2, 0) is 6.54 Å². The van der Waals surface area contributed by atoms with E-state index in [0.717, 1.165) is 44.6 Å². The zero-order valence-corrected chi connectivity index (χ0v) is 13.2. The van der Waals surface area contributed by atoms with Gasteiger partial charge >= 0.3 is 0 Å². The molecule has 0 atom stereocenters. The Balaban J connectivity index is 1.82. The number of pyridine rings is 1. The Hall–Kier alpha value is -2.58. The standard InChI is InChI=1S/C20H15ClN2/c21-15-7-5-6-14(12-15)13-22-20-16-8-1-3-10-18(16)23-19-11-4-2-9-17(19)20/h1-12H,13H2,(H,22,23). The van der Waals surface area contributed by atoms with Crippen LogP contribution in [0, 0.1) is 0 Å². The van der Waals surface area contributed by atoms with Gasteiger partial charge in [0.25, 0.3) is 0 Å². The maximum absolute atomic E-state index is 6.08. The number of fused-ring (bicyclic) bond motifs is 2. The number of benzene rings is 3. The number of aromatic nitrogens is 1. The minimum Gasteiger partial charge on any atom is -0.380 e. The lowest BCUT2D eigenvalue weighted by molar-refractivity contribution is 1.16. The van der Waals surface area contributed by atoms with Crippen molar-refractivity contribution in [1.82, 2.24) is 4.98 Å². The van der Waals surface area contributed by atoms with Crippen LogP contribution in [0.15, 0.2) is 72.8 Å². The van der Waals surface area contributed by atoms with Gasteiger partial charge in [-0.1, -0.05) is 60.1 Å². The van der Waals surface area contributed by atoms with Gasteiger partial charge in [-0.2, -0.15) is 0 Å². The third kappa shape index (κ3) is 2.73. The zero-order chi connectivity index (χ0) is 15.6. The van der Waals surface area contributed by atoms with Crippen molar-refractivity contribution in [3.8, 4) is 0 Å². The van der Waals surface area contributed by atoms with Crippen LogP contribution in [0.5, 0.6) is 0 Å². The molecule has 0 saturated heterocycles. The molecule has 112 valence electrons. The quantitative estimate of drug-likeness (QED) is 0.493. The van der Waals surface area contributed by atoms with Crippen molar-refractivity contribution >= 4 is 39.1 Å². The molecule has 0 amide bonds. The summed E-state index contributed by atoms with van der Waals surface area (Å²) < 4.78 is 0. The average Bonchev–Trinajstić information content (AvgIpc) is 2.58. The smallest absolute Gasteiger partial charge is 0.0730 e. The predicted octanol–water partition coefficient (Wildman–Crippen LogP) is 5.65. The molecule has 1 N–H and O–H groups in total. The van der Waals surface area contributed by atoms with Crippen LogP contribution in [0.25, 0.3) is 21.8 Å². The summed E-state index contributed by atoms with van der Waals surface area (Å²) in [5.74, 6) is 0. The molecule has 0 saturated carbocycles. The lowest BCUT2D eigenvalue weighted by Gasteiger charge is -2.13. The van der Waals surface area contributed by atoms with Crippen LogP contribution in [0.1, 0.15) is 5.56 Å². The Morgan fingerprint density at radius 1 is 0.783 bits per heavy atom. The summed E-state index contributed by atoms with van der Waals surface area (Å²) in [4.78, 5) is 4.75. The number of rotatable bonds is 3. The van der Waals surface area contributed by atoms with E-state index < -0.39 is 0 Å². The molecule has 3 aromatic carbocycles. The molecule has 0 radical (unpaired) electrons. The molecule has 0 bridgehead atoms. The Morgan fingerprint density at radius 3 is 2.09 bits per heavy atom. The van der Waals surface area contributed by atoms with Crippen LogP contribution < -0.4 is 5.32 Å². The highest BCUT2D eigenvalue weighted by atomic mass is 35.5. The van der Waals surface area contributed by atoms with Crippen LogP contribution in [-0.4, -0.2) is 4.98 Å². The van der Waals surface area contributed by atoms with Crippen molar-refractivity contribution in [2.75, 3.05) is 5.32 Å². The summed E-state index contributed by atoms with van der Waals surface area (Å²) in [5, 5.41) is 6.60. The van der Waals surface area contributed by atoms with E-state index in [4.69, 9.17) is 16.6 Å². The molecule has 3 heteroatoms. The number of nitrogens with zero attached hydrogens (tertiary/aromatic N) is 1. The number of nitrogens with one attached hydrogen (secondary N) is 1. The summed E-state index contributed by atoms with van der Waals surface area (Å²) in [7, 11) is 0. The first-order valence-electron chi connectivity index (χ1n) is 7.57. The molecule has 4 rings (SSSR count). The SMILES string of the molecule is Clc1cccc(CNc2c3ccccc3nc3ccccc23)c1. The van der Waals surface area contributed by atoms with E-state index in [9.17, 15) is 0 Å². The lowest BCUT2D eigenvalue weighted by Crippen LogP contribution is -2.01. The largest absolute Gasteiger partial charge is 0.380 e. The minimum atomic E-state index is 0.721. The van der Waals surface area contributed by atoms with Crippen LogP contribution >= 0.6 is 11.6 Å². The van der Waals surface area contributed by atoms with Crippen molar-refractivity contribution in [1.29, 1.82) is 0 Å². The second-order valence-electron chi connectivity index (χ2n) is 5.50. The molecular formula is C20H15ClN2. The monoisotopic (exact) mass is 318 g/mol. The van der Waals surface area contributed by atoms with Crippen molar-refractivity contribution in [2.24, 2.45) is 0 Å². The highest BCUT2D eigenvalue weighted by Crippen LogP contribution is 2.31. The Morgan fingerprint density at radius 2 is 1.43 bits per heavy atom. The summed E-state index contributed by atoms with van der Waals surface area (Å²) >= 11 is 6.08. The predicted molar refractivity (Wildman–Crippen MR) is 98.0 cm³/mol. The first-order chi connectivity index (χ1) is 11.3. The summed E-state index contributed by atoms with van der Waals surface area (Å²) in [6.07, 6.45) is 0. The lowest BCUT2D eigenvalue weighted by atomic mass is 10.1. The van der Waals surface area contributed by atoms with E-state index >= 15 is 0 Å². The molecule has 0 unspecified atom stereocenters. The van der Waals surface area contributed by atoms with Crippen LogP contribution in [0.3, 0.4) is 0 Å². The first kappa shape index (κ1) is 14.0. The fraction of sp³-hybridized carbons (Fsp3) is 0.0500. The molecule has 4 aromatic rings. The topological polar surface area (TPSA) is 24.9 Å². The van der Waals surface area contributed by atoms with Gasteiger partial charge in [0.2, 0.25) is 0 Å². The van der Waals surface area contributed by atoms with E-state index in [1.54, 1.807) is 0 Å². The maximum atomic E-state index is 6.08.